The third-order valence-corrected chi connectivity index (χ3v) is 5.55. The summed E-state index contributed by atoms with van der Waals surface area (Å²) >= 11 is 0. The van der Waals surface area contributed by atoms with Crippen LogP contribution < -0.4 is 5.32 Å². The number of benzene rings is 1. The fourth-order valence-electron chi connectivity index (χ4n) is 2.41. The molecule has 1 N–H and O–H groups in total. The minimum Gasteiger partial charge on any atom is -0.312 e. The van der Waals surface area contributed by atoms with Gasteiger partial charge in [-0.3, -0.25) is 0 Å². The van der Waals surface area contributed by atoms with E-state index in [9.17, 15) is 8.42 Å². The Bertz CT molecular complexity index is 540. The molecule has 5 heteroatoms. The van der Waals surface area contributed by atoms with Crippen molar-refractivity contribution in [1.29, 1.82) is 0 Å². The van der Waals surface area contributed by atoms with Gasteiger partial charge in [-0.1, -0.05) is 25.5 Å². The quantitative estimate of drug-likeness (QED) is 0.895. The highest BCUT2D eigenvalue weighted by atomic mass is 32.2. The largest absolute Gasteiger partial charge is 0.312 e. The van der Waals surface area contributed by atoms with Gasteiger partial charge < -0.3 is 5.32 Å². The molecule has 1 aliphatic heterocycles. The van der Waals surface area contributed by atoms with Crippen LogP contribution >= 0.6 is 0 Å². The predicted molar refractivity (Wildman–Crippen MR) is 76.6 cm³/mol. The average Bonchev–Trinajstić information content (AvgIpc) is 2.43. The van der Waals surface area contributed by atoms with Gasteiger partial charge in [-0.2, -0.15) is 0 Å². The monoisotopic (exact) mass is 282 g/mol. The van der Waals surface area contributed by atoms with Gasteiger partial charge in [0.2, 0.25) is 10.0 Å². The summed E-state index contributed by atoms with van der Waals surface area (Å²) in [5.41, 5.74) is 2.10. The van der Waals surface area contributed by atoms with Gasteiger partial charge in [-0.05, 0) is 36.6 Å². The van der Waals surface area contributed by atoms with Crippen LogP contribution in [-0.4, -0.2) is 32.9 Å². The zero-order valence-electron chi connectivity index (χ0n) is 11.6. The van der Waals surface area contributed by atoms with Crippen LogP contribution in [0.25, 0.3) is 0 Å². The molecule has 1 aliphatic rings. The number of unbranched alkanes of at least 4 members (excludes halogenated alkanes) is 1. The Hall–Kier alpha value is -0.910. The van der Waals surface area contributed by atoms with Crippen molar-refractivity contribution < 1.29 is 8.42 Å². The van der Waals surface area contributed by atoms with Gasteiger partial charge in [-0.15, -0.1) is 0 Å². The van der Waals surface area contributed by atoms with Crippen LogP contribution in [0.15, 0.2) is 23.1 Å². The number of sulfonamides is 1. The average molecular weight is 282 g/mol. The smallest absolute Gasteiger partial charge is 0.243 e. The Morgan fingerprint density at radius 3 is 2.89 bits per heavy atom. The van der Waals surface area contributed by atoms with E-state index >= 15 is 0 Å². The van der Waals surface area contributed by atoms with Crippen LogP contribution in [0.5, 0.6) is 0 Å². The molecule has 1 aromatic carbocycles. The highest BCUT2D eigenvalue weighted by Gasteiger charge is 2.25. The molecule has 4 nitrogen and oxygen atoms in total. The van der Waals surface area contributed by atoms with Crippen LogP contribution in [-0.2, 0) is 23.0 Å². The number of hydrogen-bond donors (Lipinski definition) is 1. The van der Waals surface area contributed by atoms with Crippen molar-refractivity contribution in [2.45, 2.75) is 37.6 Å². The third-order valence-electron chi connectivity index (χ3n) is 3.61. The van der Waals surface area contributed by atoms with E-state index in [4.69, 9.17) is 0 Å². The lowest BCUT2D eigenvalue weighted by Crippen LogP contribution is -2.31. The predicted octanol–water partition coefficient (Wildman–Crippen LogP) is 1.75. The summed E-state index contributed by atoms with van der Waals surface area (Å²) in [5, 5.41) is 3.27. The molecule has 0 amide bonds. The van der Waals surface area contributed by atoms with Crippen LogP contribution in [0.1, 0.15) is 30.9 Å². The normalized spacial score (nSPS) is 15.5. The van der Waals surface area contributed by atoms with E-state index in [0.717, 1.165) is 43.5 Å². The van der Waals surface area contributed by atoms with E-state index in [1.165, 1.54) is 4.31 Å². The van der Waals surface area contributed by atoms with E-state index < -0.39 is 10.0 Å². The molecule has 1 heterocycles. The van der Waals surface area contributed by atoms with Crippen molar-refractivity contribution in [3.63, 3.8) is 0 Å². The van der Waals surface area contributed by atoms with Gasteiger partial charge in [0, 0.05) is 20.1 Å². The Labute approximate surface area is 115 Å². The van der Waals surface area contributed by atoms with Gasteiger partial charge in [-0.25, -0.2) is 12.7 Å². The summed E-state index contributed by atoms with van der Waals surface area (Å²) in [6.45, 7) is 4.26. The number of hydrogen-bond acceptors (Lipinski definition) is 3. The lowest BCUT2D eigenvalue weighted by atomic mass is 10.0. The maximum Gasteiger partial charge on any atom is 0.243 e. The third kappa shape index (κ3) is 2.99. The van der Waals surface area contributed by atoms with Crippen molar-refractivity contribution in [3.05, 3.63) is 29.3 Å². The first-order valence-corrected chi connectivity index (χ1v) is 8.29. The van der Waals surface area contributed by atoms with E-state index in [2.05, 4.69) is 12.2 Å². The summed E-state index contributed by atoms with van der Waals surface area (Å²) in [7, 11) is -1.68. The summed E-state index contributed by atoms with van der Waals surface area (Å²) in [6.07, 6.45) is 2.68. The lowest BCUT2D eigenvalue weighted by molar-refractivity contribution is 0.458. The molecule has 0 spiro atoms. The zero-order valence-corrected chi connectivity index (χ0v) is 12.5. The van der Waals surface area contributed by atoms with Gasteiger partial charge in [0.05, 0.1) is 4.90 Å². The highest BCUT2D eigenvalue weighted by molar-refractivity contribution is 7.89. The molecule has 0 fully saturated rings. The van der Waals surface area contributed by atoms with Crippen LogP contribution in [0.2, 0.25) is 0 Å². The number of nitrogens with zero attached hydrogens (tertiary/aromatic N) is 1. The molecule has 106 valence electrons. The zero-order chi connectivity index (χ0) is 13.9. The van der Waals surface area contributed by atoms with Crippen LogP contribution in [0, 0.1) is 0 Å². The van der Waals surface area contributed by atoms with Gasteiger partial charge >= 0.3 is 0 Å². The summed E-state index contributed by atoms with van der Waals surface area (Å²) < 4.78 is 26.7. The molecule has 0 atom stereocenters. The summed E-state index contributed by atoms with van der Waals surface area (Å²) in [4.78, 5) is 0.491. The fraction of sp³-hybridized carbons (Fsp3) is 0.571. The van der Waals surface area contributed by atoms with Crippen molar-refractivity contribution in [3.8, 4) is 0 Å². The van der Waals surface area contributed by atoms with Crippen molar-refractivity contribution in [1.82, 2.24) is 9.62 Å². The molecule has 0 aliphatic carbocycles. The number of nitrogens with one attached hydrogen (secondary N) is 1. The van der Waals surface area contributed by atoms with Gasteiger partial charge in [0.25, 0.3) is 0 Å². The second-order valence-electron chi connectivity index (χ2n) is 5.00. The maximum absolute atomic E-state index is 12.6. The first-order valence-electron chi connectivity index (χ1n) is 6.85. The molecular weight excluding hydrogens is 260 g/mol. The van der Waals surface area contributed by atoms with E-state index in [-0.39, 0.29) is 0 Å². The second kappa shape index (κ2) is 6.03. The van der Waals surface area contributed by atoms with Crippen molar-refractivity contribution in [2.24, 2.45) is 0 Å². The summed E-state index contributed by atoms with van der Waals surface area (Å²) in [5.74, 6) is 0. The standard InChI is InChI=1S/C14H22N2O2S/c1-3-4-10-16(2)19(17,18)14-7-5-6-12-11-15-9-8-13(12)14/h5-7,15H,3-4,8-11H2,1-2H3. The first kappa shape index (κ1) is 14.5. The molecule has 1 aromatic rings. The molecule has 0 saturated carbocycles. The fourth-order valence-corrected chi connectivity index (χ4v) is 3.91. The Morgan fingerprint density at radius 2 is 2.16 bits per heavy atom. The molecule has 0 aromatic heterocycles. The van der Waals surface area contributed by atoms with Gasteiger partial charge in [0.15, 0.2) is 0 Å². The van der Waals surface area contributed by atoms with E-state index in [1.54, 1.807) is 13.1 Å². The SMILES string of the molecule is CCCCN(C)S(=O)(=O)c1cccc2c1CCNC2. The molecular formula is C14H22N2O2S. The van der Waals surface area contributed by atoms with Gasteiger partial charge in [0.1, 0.15) is 0 Å². The summed E-state index contributed by atoms with van der Waals surface area (Å²) in [6, 6.07) is 5.58. The first-order chi connectivity index (χ1) is 9.07. The Balaban J connectivity index is 2.35. The lowest BCUT2D eigenvalue weighted by Gasteiger charge is -2.23. The highest BCUT2D eigenvalue weighted by Crippen LogP contribution is 2.25. The van der Waals surface area contributed by atoms with Crippen molar-refractivity contribution in [2.75, 3.05) is 20.1 Å². The number of fused-ring (bicyclic) bond motifs is 1. The number of rotatable bonds is 5. The van der Waals surface area contributed by atoms with Crippen molar-refractivity contribution >= 4 is 10.0 Å². The molecule has 19 heavy (non-hydrogen) atoms. The van der Waals surface area contributed by atoms with E-state index in [1.807, 2.05) is 12.1 Å². The molecule has 2 rings (SSSR count). The Morgan fingerprint density at radius 1 is 1.37 bits per heavy atom. The molecule has 0 saturated heterocycles. The molecule has 0 bridgehead atoms. The Kier molecular flexibility index (Phi) is 4.60. The van der Waals surface area contributed by atoms with E-state index in [0.29, 0.717) is 11.4 Å². The topological polar surface area (TPSA) is 49.4 Å². The molecule has 0 unspecified atom stereocenters. The van der Waals surface area contributed by atoms with Crippen LogP contribution in [0.4, 0.5) is 0 Å². The van der Waals surface area contributed by atoms with Crippen LogP contribution in [0.3, 0.4) is 0 Å². The second-order valence-corrected chi connectivity index (χ2v) is 7.01. The molecule has 0 radical (unpaired) electrons. The maximum atomic E-state index is 12.6. The minimum atomic E-state index is -3.35. The minimum absolute atomic E-state index is 0.491.